The van der Waals surface area contributed by atoms with Crippen molar-refractivity contribution >= 4 is 29.0 Å². The minimum atomic E-state index is -0.616. The number of aromatic nitrogens is 2. The van der Waals surface area contributed by atoms with Crippen LogP contribution in [-0.4, -0.2) is 40.0 Å². The van der Waals surface area contributed by atoms with Crippen LogP contribution in [0.25, 0.3) is 0 Å². The van der Waals surface area contributed by atoms with E-state index in [0.717, 1.165) is 12.0 Å². The third kappa shape index (κ3) is 4.52. The van der Waals surface area contributed by atoms with E-state index in [1.54, 1.807) is 27.9 Å². The van der Waals surface area contributed by atoms with E-state index in [1.807, 2.05) is 32.2 Å². The zero-order chi connectivity index (χ0) is 19.4. The molecule has 1 unspecified atom stereocenters. The Morgan fingerprint density at radius 2 is 2.00 bits per heavy atom. The first-order chi connectivity index (χ1) is 12.9. The third-order valence-electron chi connectivity index (χ3n) is 4.31. The van der Waals surface area contributed by atoms with Gasteiger partial charge in [-0.25, -0.2) is 0 Å². The van der Waals surface area contributed by atoms with Crippen LogP contribution in [0.1, 0.15) is 32.3 Å². The summed E-state index contributed by atoms with van der Waals surface area (Å²) >= 11 is 0. The summed E-state index contributed by atoms with van der Waals surface area (Å²) in [6.45, 7) is 3.91. The van der Waals surface area contributed by atoms with Gasteiger partial charge >= 0.3 is 0 Å². The molecule has 2 amide bonds. The zero-order valence-corrected chi connectivity index (χ0v) is 15.7. The first-order valence-electron chi connectivity index (χ1n) is 8.83. The number of hydrogen-bond donors (Lipinski definition) is 1. The lowest BCUT2D eigenvalue weighted by Crippen LogP contribution is -2.45. The molecule has 0 radical (unpaired) electrons. The maximum atomic E-state index is 12.7. The molecule has 3 rings (SSSR count). The summed E-state index contributed by atoms with van der Waals surface area (Å²) in [6, 6.07) is 9.09. The molecule has 1 aromatic carbocycles. The highest BCUT2D eigenvalue weighted by molar-refractivity contribution is 5.99. The molecule has 1 N–H and O–H groups in total. The van der Waals surface area contributed by atoms with Crippen molar-refractivity contribution in [2.75, 3.05) is 16.8 Å². The monoisotopic (exact) mass is 369 g/mol. The van der Waals surface area contributed by atoms with Gasteiger partial charge < -0.3 is 10.2 Å². The Morgan fingerprint density at radius 1 is 1.26 bits per heavy atom. The molecule has 0 spiro atoms. The predicted molar refractivity (Wildman–Crippen MR) is 103 cm³/mol. The van der Waals surface area contributed by atoms with E-state index in [0.29, 0.717) is 30.2 Å². The van der Waals surface area contributed by atoms with E-state index in [2.05, 4.69) is 15.6 Å². The molecule has 1 atom stereocenters. The Labute approximate surface area is 157 Å². The van der Waals surface area contributed by atoms with E-state index in [4.69, 9.17) is 4.84 Å². The molecule has 142 valence electrons. The standard InChI is InChI=1S/C19H23N5O3/c1-13(15-6-8-16(9-7-15)20-14(2)25)22-27-17-5-4-11-24(19(17)26)18-10-12-23(3)21-18/h6-10,12,17H,4-5,11H2,1-3H3,(H,20,25). The molecule has 0 saturated carbocycles. The van der Waals surface area contributed by atoms with E-state index in [9.17, 15) is 9.59 Å². The van der Waals surface area contributed by atoms with Gasteiger partial charge in [0, 0.05) is 38.5 Å². The third-order valence-corrected chi connectivity index (χ3v) is 4.31. The molecule has 1 saturated heterocycles. The number of benzene rings is 1. The van der Waals surface area contributed by atoms with Crippen LogP contribution < -0.4 is 10.2 Å². The van der Waals surface area contributed by atoms with E-state index < -0.39 is 6.10 Å². The second-order valence-corrected chi connectivity index (χ2v) is 6.51. The highest BCUT2D eigenvalue weighted by atomic mass is 16.6. The lowest BCUT2D eigenvalue weighted by atomic mass is 10.1. The molecular weight excluding hydrogens is 346 g/mol. The molecule has 27 heavy (non-hydrogen) atoms. The number of carbonyl (C=O) groups is 2. The summed E-state index contributed by atoms with van der Waals surface area (Å²) in [5.74, 6) is 0.382. The average Bonchev–Trinajstić information content (AvgIpc) is 3.07. The van der Waals surface area contributed by atoms with Gasteiger partial charge in [-0.3, -0.25) is 19.2 Å². The SMILES string of the molecule is CC(=O)Nc1ccc(C(C)=NOC2CCCN(c3ccn(C)n3)C2=O)cc1. The van der Waals surface area contributed by atoms with Gasteiger partial charge in [-0.15, -0.1) is 0 Å². The van der Waals surface area contributed by atoms with Crippen molar-refractivity contribution in [3.8, 4) is 0 Å². The van der Waals surface area contributed by atoms with Crippen LogP contribution in [0.3, 0.4) is 0 Å². The molecule has 8 nitrogen and oxygen atoms in total. The fraction of sp³-hybridized carbons (Fsp3) is 0.368. The molecule has 1 aromatic heterocycles. The molecule has 2 aromatic rings. The molecule has 0 bridgehead atoms. The van der Waals surface area contributed by atoms with Crippen molar-refractivity contribution in [1.29, 1.82) is 0 Å². The molecule has 0 aliphatic carbocycles. The summed E-state index contributed by atoms with van der Waals surface area (Å²) in [4.78, 5) is 30.9. The van der Waals surface area contributed by atoms with E-state index in [1.165, 1.54) is 6.92 Å². The fourth-order valence-corrected chi connectivity index (χ4v) is 2.91. The average molecular weight is 369 g/mol. The largest absolute Gasteiger partial charge is 0.382 e. The zero-order valence-electron chi connectivity index (χ0n) is 15.7. The number of rotatable bonds is 5. The normalized spacial score (nSPS) is 17.7. The Bertz CT molecular complexity index is 856. The number of aryl methyl sites for hydroxylation is 1. The molecule has 1 aliphatic heterocycles. The van der Waals surface area contributed by atoms with Crippen LogP contribution in [0.2, 0.25) is 0 Å². The summed E-state index contributed by atoms with van der Waals surface area (Å²) in [6.07, 6.45) is 2.64. The van der Waals surface area contributed by atoms with Gasteiger partial charge in [0.1, 0.15) is 0 Å². The smallest absolute Gasteiger partial charge is 0.272 e. The van der Waals surface area contributed by atoms with E-state index in [-0.39, 0.29) is 11.8 Å². The second-order valence-electron chi connectivity index (χ2n) is 6.51. The summed E-state index contributed by atoms with van der Waals surface area (Å²) in [7, 11) is 1.82. The second kappa shape index (κ2) is 8.03. The lowest BCUT2D eigenvalue weighted by Gasteiger charge is -2.29. The molecule has 1 aliphatic rings. The van der Waals surface area contributed by atoms with Gasteiger partial charge in [0.2, 0.25) is 12.0 Å². The topological polar surface area (TPSA) is 88.8 Å². The van der Waals surface area contributed by atoms with Crippen LogP contribution in [0.4, 0.5) is 11.5 Å². The number of piperidine rings is 1. The predicted octanol–water partition coefficient (Wildman–Crippen LogP) is 2.31. The fourth-order valence-electron chi connectivity index (χ4n) is 2.91. The summed E-state index contributed by atoms with van der Waals surface area (Å²) < 4.78 is 1.67. The van der Waals surface area contributed by atoms with Gasteiger partial charge in [0.25, 0.3) is 5.91 Å². The van der Waals surface area contributed by atoms with Crippen LogP contribution >= 0.6 is 0 Å². The van der Waals surface area contributed by atoms with Crippen molar-refractivity contribution in [3.05, 3.63) is 42.1 Å². The van der Waals surface area contributed by atoms with Crippen molar-refractivity contribution in [2.45, 2.75) is 32.8 Å². The summed E-state index contributed by atoms with van der Waals surface area (Å²) in [5.41, 5.74) is 2.23. The molecule has 2 heterocycles. The number of oxime groups is 1. The van der Waals surface area contributed by atoms with Crippen molar-refractivity contribution in [2.24, 2.45) is 12.2 Å². The minimum Gasteiger partial charge on any atom is -0.382 e. The molecule has 1 fully saturated rings. The Kier molecular flexibility index (Phi) is 5.54. The van der Waals surface area contributed by atoms with Crippen LogP contribution in [0.5, 0.6) is 0 Å². The van der Waals surface area contributed by atoms with Crippen molar-refractivity contribution in [1.82, 2.24) is 9.78 Å². The van der Waals surface area contributed by atoms with Gasteiger partial charge in [-0.05, 0) is 37.5 Å². The first kappa shape index (κ1) is 18.6. The van der Waals surface area contributed by atoms with Crippen LogP contribution in [0, 0.1) is 0 Å². The highest BCUT2D eigenvalue weighted by Gasteiger charge is 2.32. The van der Waals surface area contributed by atoms with Gasteiger partial charge in [0.15, 0.2) is 5.82 Å². The van der Waals surface area contributed by atoms with Crippen LogP contribution in [0.15, 0.2) is 41.7 Å². The number of nitrogens with zero attached hydrogens (tertiary/aromatic N) is 4. The highest BCUT2D eigenvalue weighted by Crippen LogP contribution is 2.21. The van der Waals surface area contributed by atoms with Crippen molar-refractivity contribution < 1.29 is 14.4 Å². The number of carbonyl (C=O) groups excluding carboxylic acids is 2. The Morgan fingerprint density at radius 3 is 2.63 bits per heavy atom. The molecular formula is C19H23N5O3. The lowest BCUT2D eigenvalue weighted by molar-refractivity contribution is -0.132. The van der Waals surface area contributed by atoms with Crippen molar-refractivity contribution in [3.63, 3.8) is 0 Å². The van der Waals surface area contributed by atoms with Crippen LogP contribution in [-0.2, 0) is 21.5 Å². The molecule has 8 heteroatoms. The quantitative estimate of drug-likeness (QED) is 0.647. The maximum absolute atomic E-state index is 12.7. The maximum Gasteiger partial charge on any atom is 0.272 e. The van der Waals surface area contributed by atoms with E-state index >= 15 is 0 Å². The number of amides is 2. The van der Waals surface area contributed by atoms with Gasteiger partial charge in [0.05, 0.1) is 5.71 Å². The van der Waals surface area contributed by atoms with Gasteiger partial charge in [-0.2, -0.15) is 5.10 Å². The first-order valence-corrected chi connectivity index (χ1v) is 8.83. The van der Waals surface area contributed by atoms with Gasteiger partial charge in [-0.1, -0.05) is 17.3 Å². The number of nitrogens with one attached hydrogen (secondary N) is 1. The number of hydrogen-bond acceptors (Lipinski definition) is 5. The Balaban J connectivity index is 1.65. The number of anilines is 2. The Hall–Kier alpha value is -3.16. The minimum absolute atomic E-state index is 0.121. The summed E-state index contributed by atoms with van der Waals surface area (Å²) in [5, 5.41) is 11.2.